The van der Waals surface area contributed by atoms with E-state index in [2.05, 4.69) is 16.0 Å². The van der Waals surface area contributed by atoms with Gasteiger partial charge in [0.15, 0.2) is 18.9 Å². The van der Waals surface area contributed by atoms with Gasteiger partial charge in [0.1, 0.15) is 128 Å². The van der Waals surface area contributed by atoms with Gasteiger partial charge >= 0.3 is 17.9 Å². The lowest BCUT2D eigenvalue weighted by atomic mass is 9.87. The molecule has 0 radical (unpaired) electrons. The average Bonchev–Trinajstić information content (AvgIpc) is 0.766. The van der Waals surface area contributed by atoms with Crippen molar-refractivity contribution < 1.29 is 198 Å². The number of hydrogen-bond acceptors (Lipinski definition) is 37. The van der Waals surface area contributed by atoms with E-state index in [9.17, 15) is 146 Å². The molecule has 6 aliphatic rings. The fourth-order valence-corrected chi connectivity index (χ4v) is 11.5. The van der Waals surface area contributed by atoms with Crippen molar-refractivity contribution in [3.8, 4) is 0 Å². The van der Waals surface area contributed by atoms with E-state index < -0.39 is 295 Å². The van der Waals surface area contributed by atoms with Crippen molar-refractivity contribution in [1.29, 1.82) is 0 Å². The molecule has 0 unspecified atom stereocenters. The molecule has 6 aliphatic heterocycles. The summed E-state index contributed by atoms with van der Waals surface area (Å²) in [5, 5.41) is 253. The molecule has 0 aromatic carbocycles. The number of carbonyl (C=O) groups excluding carboxylic acids is 3. The van der Waals surface area contributed by atoms with Crippen molar-refractivity contribution in [2.24, 2.45) is 0 Å². The lowest BCUT2D eigenvalue weighted by molar-refractivity contribution is -0.371. The van der Waals surface area contributed by atoms with E-state index >= 15 is 0 Å². The van der Waals surface area contributed by atoms with Gasteiger partial charge < -0.3 is 186 Å². The molecule has 43 heteroatoms. The second kappa shape index (κ2) is 32.5. The Morgan fingerprint density at radius 3 is 0.989 bits per heavy atom. The van der Waals surface area contributed by atoms with Gasteiger partial charge in [0, 0.05) is 40.0 Å². The first kappa shape index (κ1) is 78.6. The normalized spacial score (nSPS) is 43.2. The lowest BCUT2D eigenvalue weighted by Gasteiger charge is -2.51. The number of ether oxygens (including phenoxy) is 11. The molecule has 6 rings (SSSR count). The standard InChI is InChI=1S/C51H83N3O40/c1-13(59)52-25-19(4-49(83,46(77)78)92-40(25)28(65)16(62)7-55)86-44-38(75)35(72)32(69)23(90-44)11-84-51(48(81)82)6-21(27(54-15(3)61)42(94-51)30(67)18(64)9-57)88-45-39(76)36(73)33(70)24(91-45)12-85-50(47(79)80)5-20(87-43-37(74)34(71)31(68)22(10-58)89-43)26(53-14(2)60)41(93-50)29(66)17(63)8-56/h16-45,55-58,62-76,83H,4-12H2,1-3H3,(H,52,59)(H,53,60)(H,54,61)(H,77,78)(H,79,80)(H,81,82)/t16-,17-,18-,19+,20+,21+,22-,23-,24-,25-,26-,27-,28-,29-,30-,31-,32-,33-,34+,35+,36+,37-,38-,39-,40-,41-,42-,43+,44+,45+,49-,50-,51-/m1/s1. The first-order valence-electron chi connectivity index (χ1n) is 29.0. The largest absolute Gasteiger partial charge is 0.477 e. The Kier molecular flexibility index (Phi) is 27.2. The fourth-order valence-electron chi connectivity index (χ4n) is 11.5. The number of aliphatic carboxylic acids is 3. The zero-order chi connectivity index (χ0) is 70.5. The summed E-state index contributed by atoms with van der Waals surface area (Å²) < 4.78 is 62.7. The van der Waals surface area contributed by atoms with E-state index in [4.69, 9.17) is 52.1 Å². The summed E-state index contributed by atoms with van der Waals surface area (Å²) in [6.07, 6.45) is -64.4. The van der Waals surface area contributed by atoms with E-state index in [-0.39, 0.29) is 0 Å². The number of carboxylic acids is 3. The first-order valence-corrected chi connectivity index (χ1v) is 29.0. The van der Waals surface area contributed by atoms with Crippen molar-refractivity contribution in [3.63, 3.8) is 0 Å². The number of carbonyl (C=O) groups is 6. The highest BCUT2D eigenvalue weighted by atomic mass is 16.8. The molecule has 26 N–H and O–H groups in total. The molecular formula is C51H83N3O40. The molecule has 6 heterocycles. The Hall–Kier alpha value is -4.42. The lowest BCUT2D eigenvalue weighted by Crippen LogP contribution is -2.71. The number of aliphatic hydroxyl groups excluding tert-OH is 19. The van der Waals surface area contributed by atoms with Gasteiger partial charge in [-0.15, -0.1) is 0 Å². The molecule has 43 nitrogen and oxygen atoms in total. The summed E-state index contributed by atoms with van der Waals surface area (Å²) in [5.41, 5.74) is 0. The van der Waals surface area contributed by atoms with Crippen LogP contribution in [0.25, 0.3) is 0 Å². The Balaban J connectivity index is 1.33. The van der Waals surface area contributed by atoms with Crippen LogP contribution in [0.3, 0.4) is 0 Å². The van der Waals surface area contributed by atoms with Crippen LogP contribution in [0.2, 0.25) is 0 Å². The fraction of sp³-hybridized carbons (Fsp3) is 0.882. The van der Waals surface area contributed by atoms with Gasteiger partial charge in [0.2, 0.25) is 17.7 Å². The Morgan fingerprint density at radius 1 is 0.426 bits per heavy atom. The van der Waals surface area contributed by atoms with Gasteiger partial charge in [0.25, 0.3) is 17.4 Å². The number of hydrogen-bond donors (Lipinski definition) is 26. The van der Waals surface area contributed by atoms with Crippen LogP contribution in [-0.2, 0) is 80.9 Å². The third-order valence-electron chi connectivity index (χ3n) is 16.6. The van der Waals surface area contributed by atoms with E-state index in [1.54, 1.807) is 0 Å². The van der Waals surface area contributed by atoms with Crippen molar-refractivity contribution in [1.82, 2.24) is 16.0 Å². The van der Waals surface area contributed by atoms with Gasteiger partial charge in [-0.3, -0.25) is 14.4 Å². The van der Waals surface area contributed by atoms with Crippen LogP contribution in [0.4, 0.5) is 0 Å². The van der Waals surface area contributed by atoms with Gasteiger partial charge in [-0.1, -0.05) is 0 Å². The van der Waals surface area contributed by atoms with Crippen LogP contribution in [0.15, 0.2) is 0 Å². The predicted molar refractivity (Wildman–Crippen MR) is 286 cm³/mol. The summed E-state index contributed by atoms with van der Waals surface area (Å²) in [5.74, 6) is -19.5. The molecule has 3 amide bonds. The summed E-state index contributed by atoms with van der Waals surface area (Å²) in [4.78, 5) is 77.4. The highest BCUT2D eigenvalue weighted by Crippen LogP contribution is 2.42. The molecular weight excluding hydrogens is 1290 g/mol. The highest BCUT2D eigenvalue weighted by molar-refractivity contribution is 5.78. The summed E-state index contributed by atoms with van der Waals surface area (Å²) in [6, 6.07) is -5.67. The van der Waals surface area contributed by atoms with Crippen LogP contribution >= 0.6 is 0 Å². The van der Waals surface area contributed by atoms with Crippen LogP contribution < -0.4 is 16.0 Å². The minimum atomic E-state index is -3.40. The van der Waals surface area contributed by atoms with Gasteiger partial charge in [-0.2, -0.15) is 0 Å². The van der Waals surface area contributed by atoms with E-state index in [0.29, 0.717) is 0 Å². The maximum atomic E-state index is 13.6. The second-order valence-corrected chi connectivity index (χ2v) is 23.3. The van der Waals surface area contributed by atoms with E-state index in [1.807, 2.05) is 0 Å². The maximum absolute atomic E-state index is 13.6. The number of aliphatic hydroxyl groups is 20. The maximum Gasteiger partial charge on any atom is 0.364 e. The highest BCUT2D eigenvalue weighted by Gasteiger charge is 2.63. The van der Waals surface area contributed by atoms with Crippen LogP contribution in [0.1, 0.15) is 40.0 Å². The number of amides is 3. The van der Waals surface area contributed by atoms with Crippen LogP contribution in [0, 0.1) is 0 Å². The van der Waals surface area contributed by atoms with Gasteiger partial charge in [-0.25, -0.2) is 14.4 Å². The molecule has 0 aromatic rings. The molecule has 542 valence electrons. The Labute approximate surface area is 529 Å². The molecule has 0 aromatic heterocycles. The molecule has 0 aliphatic carbocycles. The Morgan fingerprint density at radius 2 is 0.713 bits per heavy atom. The smallest absolute Gasteiger partial charge is 0.364 e. The van der Waals surface area contributed by atoms with Crippen molar-refractivity contribution in [3.05, 3.63) is 0 Å². The summed E-state index contributed by atoms with van der Waals surface area (Å²) >= 11 is 0. The van der Waals surface area contributed by atoms with Crippen LogP contribution in [0.5, 0.6) is 0 Å². The number of nitrogens with one attached hydrogen (secondary N) is 3. The van der Waals surface area contributed by atoms with Gasteiger partial charge in [-0.05, 0) is 0 Å². The minimum absolute atomic E-state index is 0.858. The van der Waals surface area contributed by atoms with Crippen molar-refractivity contribution in [2.45, 2.75) is 241 Å². The number of carboxylic acid groups (broad SMARTS) is 3. The Bertz CT molecular complexity index is 2550. The summed E-state index contributed by atoms with van der Waals surface area (Å²) in [6.45, 7) is -4.82. The molecule has 0 bridgehead atoms. The second-order valence-electron chi connectivity index (χ2n) is 23.3. The van der Waals surface area contributed by atoms with E-state index in [1.165, 1.54) is 0 Å². The molecule has 94 heavy (non-hydrogen) atoms. The first-order chi connectivity index (χ1) is 43.9. The summed E-state index contributed by atoms with van der Waals surface area (Å²) in [7, 11) is 0. The van der Waals surface area contributed by atoms with Gasteiger partial charge in [0.05, 0.1) is 76.1 Å². The van der Waals surface area contributed by atoms with Crippen molar-refractivity contribution >= 4 is 35.6 Å². The quantitative estimate of drug-likeness (QED) is 0.0346. The molecule has 6 saturated heterocycles. The molecule has 33 atom stereocenters. The predicted octanol–water partition coefficient (Wildman–Crippen LogP) is -16.1. The molecule has 6 fully saturated rings. The molecule has 0 spiro atoms. The minimum Gasteiger partial charge on any atom is -0.477 e. The molecule has 0 saturated carbocycles. The van der Waals surface area contributed by atoms with Crippen LogP contribution in [-0.4, -0.2) is 394 Å². The average molecular weight is 1380 g/mol. The van der Waals surface area contributed by atoms with E-state index in [0.717, 1.165) is 20.8 Å². The monoisotopic (exact) mass is 1380 g/mol. The third-order valence-corrected chi connectivity index (χ3v) is 16.6. The number of rotatable bonds is 28. The van der Waals surface area contributed by atoms with Crippen molar-refractivity contribution in [2.75, 3.05) is 39.6 Å². The topological polar surface area (TPSA) is 705 Å². The zero-order valence-electron chi connectivity index (χ0n) is 49.9. The third kappa shape index (κ3) is 17.2. The SMILES string of the molecule is CC(=O)N[C@H]1[C@H]([C@H](O)[C@H](O)CO)O[C@@](OC[C@H]2O[C@H](O[C@H]3C[C@](OC[C@H]4O[C@H](O[C@H]5C[C@](O)(C(=O)O)O[C@@H]([C@H](O)[C@H](O)CO)[C@@H]5NC(C)=O)[C@H](O)[C@@H](O)[C@@H]4O)(C(=O)O)O[C@@H]([C@H](O)[C@H](O)CO)[C@@H]3NC(C)=O)[C@H](O)[C@@H](O)[C@@H]2O)(C(=O)O)C[C@@H]1O[C@H]1O[C@H](CO)[C@@H](O)[C@H](O)[C@H]1O. The zero-order valence-corrected chi connectivity index (χ0v) is 49.9.